The van der Waals surface area contributed by atoms with Gasteiger partial charge in [0.15, 0.2) is 0 Å². The minimum Gasteiger partial charge on any atom is -0.481 e. The van der Waals surface area contributed by atoms with Crippen LogP contribution in [-0.4, -0.2) is 51.8 Å². The van der Waals surface area contributed by atoms with E-state index in [1.54, 1.807) is 17.0 Å². The summed E-state index contributed by atoms with van der Waals surface area (Å²) >= 11 is 0. The Balaban J connectivity index is 1.57. The number of hydrogen-bond donors (Lipinski definition) is 2. The average Bonchev–Trinajstić information content (AvgIpc) is 3.16. The molecule has 2 amide bonds. The van der Waals surface area contributed by atoms with Crippen molar-refractivity contribution in [3.8, 4) is 11.4 Å². The Kier molecular flexibility index (Phi) is 6.00. The topological polar surface area (TPSA) is 109 Å². The van der Waals surface area contributed by atoms with E-state index in [9.17, 15) is 14.0 Å². The molecule has 1 aromatic heterocycles. The van der Waals surface area contributed by atoms with E-state index < -0.39 is 5.97 Å². The molecule has 27 heavy (non-hydrogen) atoms. The summed E-state index contributed by atoms with van der Waals surface area (Å²) in [5.41, 5.74) is 0.662. The van der Waals surface area contributed by atoms with Gasteiger partial charge in [-0.15, -0.1) is 0 Å². The number of aromatic nitrogens is 2. The number of carboxylic acid groups (broad SMARTS) is 1. The number of hydrogen-bond acceptors (Lipinski definition) is 5. The number of piperidine rings is 1. The first-order valence-corrected chi connectivity index (χ1v) is 8.87. The number of nitrogens with one attached hydrogen (secondary N) is 1. The molecule has 3 rings (SSSR count). The molecule has 1 atom stereocenters. The van der Waals surface area contributed by atoms with Gasteiger partial charge in [0.25, 0.3) is 0 Å². The Labute approximate surface area is 155 Å². The van der Waals surface area contributed by atoms with E-state index in [4.69, 9.17) is 9.63 Å². The van der Waals surface area contributed by atoms with Crippen molar-refractivity contribution in [2.75, 3.05) is 19.6 Å². The summed E-state index contributed by atoms with van der Waals surface area (Å²) in [5.74, 6) is -0.432. The summed E-state index contributed by atoms with van der Waals surface area (Å²) in [6.07, 6.45) is 2.05. The van der Waals surface area contributed by atoms with Gasteiger partial charge >= 0.3 is 12.0 Å². The maximum Gasteiger partial charge on any atom is 0.317 e. The third-order valence-electron chi connectivity index (χ3n) is 4.45. The number of amides is 2. The van der Waals surface area contributed by atoms with E-state index in [1.165, 1.54) is 12.1 Å². The molecular weight excluding hydrogens is 355 g/mol. The van der Waals surface area contributed by atoms with Crippen LogP contribution in [0.25, 0.3) is 11.4 Å². The molecule has 0 radical (unpaired) electrons. The third-order valence-corrected chi connectivity index (χ3v) is 4.45. The average molecular weight is 376 g/mol. The molecule has 0 saturated carbocycles. The number of carbonyl (C=O) groups is 2. The van der Waals surface area contributed by atoms with E-state index in [0.717, 1.165) is 12.8 Å². The standard InChI is InChI=1S/C18H21FN4O4/c19-14-7-5-12(6-8-14)16-21-17(27-22-16)13-3-2-10-23(11-13)18(26)20-9-1-4-15(24)25/h5-8,13H,1-4,9-11H2,(H,20,26)(H,24,25). The van der Waals surface area contributed by atoms with Crippen LogP contribution in [0.1, 0.15) is 37.5 Å². The minimum atomic E-state index is -0.879. The van der Waals surface area contributed by atoms with E-state index >= 15 is 0 Å². The molecule has 0 aliphatic carbocycles. The Hall–Kier alpha value is -2.97. The molecule has 2 N–H and O–H groups in total. The normalized spacial score (nSPS) is 16.9. The van der Waals surface area contributed by atoms with E-state index in [0.29, 0.717) is 43.3 Å². The molecule has 1 fully saturated rings. The minimum absolute atomic E-state index is 0.0249. The van der Waals surface area contributed by atoms with Gasteiger partial charge in [-0.1, -0.05) is 5.16 Å². The fraction of sp³-hybridized carbons (Fsp3) is 0.444. The van der Waals surface area contributed by atoms with Gasteiger partial charge in [0.05, 0.1) is 5.92 Å². The molecule has 1 unspecified atom stereocenters. The first kappa shape index (κ1) is 18.8. The van der Waals surface area contributed by atoms with E-state index in [1.807, 2.05) is 0 Å². The van der Waals surface area contributed by atoms with Crippen molar-refractivity contribution < 1.29 is 23.6 Å². The summed E-state index contributed by atoms with van der Waals surface area (Å²) in [4.78, 5) is 28.8. The lowest BCUT2D eigenvalue weighted by Gasteiger charge is -2.31. The quantitative estimate of drug-likeness (QED) is 0.750. The number of carbonyl (C=O) groups excluding carboxylic acids is 1. The number of rotatable bonds is 6. The Morgan fingerprint density at radius 2 is 2.11 bits per heavy atom. The van der Waals surface area contributed by atoms with Gasteiger partial charge in [-0.2, -0.15) is 4.98 Å². The molecule has 1 aliphatic heterocycles. The molecule has 0 spiro atoms. The number of urea groups is 1. The highest BCUT2D eigenvalue weighted by atomic mass is 19.1. The molecule has 1 aromatic carbocycles. The number of halogens is 1. The lowest BCUT2D eigenvalue weighted by atomic mass is 9.98. The van der Waals surface area contributed by atoms with Crippen molar-refractivity contribution >= 4 is 12.0 Å². The Morgan fingerprint density at radius 3 is 2.85 bits per heavy atom. The molecule has 0 bridgehead atoms. The van der Waals surface area contributed by atoms with Crippen molar-refractivity contribution in [1.29, 1.82) is 0 Å². The third kappa shape index (κ3) is 5.02. The monoisotopic (exact) mass is 376 g/mol. The highest BCUT2D eigenvalue weighted by Crippen LogP contribution is 2.27. The lowest BCUT2D eigenvalue weighted by molar-refractivity contribution is -0.137. The van der Waals surface area contributed by atoms with Crippen LogP contribution in [-0.2, 0) is 4.79 Å². The van der Waals surface area contributed by atoms with Crippen LogP contribution in [0.3, 0.4) is 0 Å². The second kappa shape index (κ2) is 8.61. The van der Waals surface area contributed by atoms with E-state index in [2.05, 4.69) is 15.5 Å². The molecule has 1 aliphatic rings. The van der Waals surface area contributed by atoms with Crippen LogP contribution in [0.4, 0.5) is 9.18 Å². The molecule has 2 aromatic rings. The van der Waals surface area contributed by atoms with Crippen LogP contribution in [0.15, 0.2) is 28.8 Å². The van der Waals surface area contributed by atoms with Crippen molar-refractivity contribution in [3.05, 3.63) is 36.0 Å². The van der Waals surface area contributed by atoms with Crippen molar-refractivity contribution in [2.45, 2.75) is 31.6 Å². The largest absolute Gasteiger partial charge is 0.481 e. The first-order chi connectivity index (χ1) is 13.0. The predicted molar refractivity (Wildman–Crippen MR) is 93.5 cm³/mol. The van der Waals surface area contributed by atoms with E-state index in [-0.39, 0.29) is 24.2 Å². The van der Waals surface area contributed by atoms with Crippen LogP contribution < -0.4 is 5.32 Å². The van der Waals surface area contributed by atoms with Gasteiger partial charge in [0.1, 0.15) is 5.82 Å². The Bertz CT molecular complexity index is 793. The van der Waals surface area contributed by atoms with Crippen LogP contribution in [0.2, 0.25) is 0 Å². The highest BCUT2D eigenvalue weighted by Gasteiger charge is 2.28. The van der Waals surface area contributed by atoms with Gasteiger partial charge in [-0.05, 0) is 43.5 Å². The fourth-order valence-electron chi connectivity index (χ4n) is 3.03. The van der Waals surface area contributed by atoms with Crippen molar-refractivity contribution in [1.82, 2.24) is 20.4 Å². The molecule has 1 saturated heterocycles. The number of benzene rings is 1. The van der Waals surface area contributed by atoms with Crippen LogP contribution in [0, 0.1) is 5.82 Å². The van der Waals surface area contributed by atoms with Crippen molar-refractivity contribution in [3.63, 3.8) is 0 Å². The summed E-state index contributed by atoms with van der Waals surface area (Å²) in [6.45, 7) is 1.40. The SMILES string of the molecule is O=C(O)CCCNC(=O)N1CCCC(c2nc(-c3ccc(F)cc3)no2)C1. The molecule has 144 valence electrons. The zero-order valence-electron chi connectivity index (χ0n) is 14.7. The van der Waals surface area contributed by atoms with Gasteiger partial charge in [-0.25, -0.2) is 9.18 Å². The van der Waals surface area contributed by atoms with Gasteiger partial charge in [0, 0.05) is 31.6 Å². The number of nitrogens with zero attached hydrogens (tertiary/aromatic N) is 3. The smallest absolute Gasteiger partial charge is 0.317 e. The summed E-state index contributed by atoms with van der Waals surface area (Å²) in [6, 6.07) is 5.62. The highest BCUT2D eigenvalue weighted by molar-refractivity contribution is 5.74. The molecule has 8 nitrogen and oxygen atoms in total. The zero-order valence-corrected chi connectivity index (χ0v) is 14.7. The Morgan fingerprint density at radius 1 is 1.33 bits per heavy atom. The molecular formula is C18H21FN4O4. The van der Waals surface area contributed by atoms with Crippen LogP contribution in [0.5, 0.6) is 0 Å². The lowest BCUT2D eigenvalue weighted by Crippen LogP contribution is -2.45. The predicted octanol–water partition coefficient (Wildman–Crippen LogP) is 2.63. The van der Waals surface area contributed by atoms with Gasteiger partial charge in [-0.3, -0.25) is 4.79 Å². The van der Waals surface area contributed by atoms with Gasteiger partial charge in [0.2, 0.25) is 11.7 Å². The summed E-state index contributed by atoms with van der Waals surface area (Å²) < 4.78 is 18.4. The maximum absolute atomic E-state index is 13.0. The second-order valence-corrected chi connectivity index (χ2v) is 6.48. The number of aliphatic carboxylic acids is 1. The fourth-order valence-corrected chi connectivity index (χ4v) is 3.03. The first-order valence-electron chi connectivity index (χ1n) is 8.87. The number of likely N-dealkylation sites (tertiary alicyclic amines) is 1. The van der Waals surface area contributed by atoms with Crippen LogP contribution >= 0.6 is 0 Å². The second-order valence-electron chi connectivity index (χ2n) is 6.48. The maximum atomic E-state index is 13.0. The van der Waals surface area contributed by atoms with Gasteiger partial charge < -0.3 is 19.8 Å². The summed E-state index contributed by atoms with van der Waals surface area (Å²) in [5, 5.41) is 15.3. The molecule has 9 heteroatoms. The van der Waals surface area contributed by atoms with Crippen molar-refractivity contribution in [2.24, 2.45) is 0 Å². The zero-order chi connectivity index (χ0) is 19.2. The number of carboxylic acids is 1. The molecule has 2 heterocycles. The summed E-state index contributed by atoms with van der Waals surface area (Å²) in [7, 11) is 0.